The Balaban J connectivity index is 2.73. The summed E-state index contributed by atoms with van der Waals surface area (Å²) in [6.45, 7) is 2.02. The average molecular weight is 194 g/mol. The molecule has 4 nitrogen and oxygen atoms in total. The second kappa shape index (κ2) is 5.32. The Hall–Kier alpha value is -1.45. The number of aromatic nitrogens is 1. The smallest absolute Gasteiger partial charge is 0.254 e. The maximum absolute atomic E-state index is 10.8. The highest BCUT2D eigenvalue weighted by Gasteiger charge is 2.22. The van der Waals surface area contributed by atoms with E-state index < -0.39 is 6.04 Å². The van der Waals surface area contributed by atoms with Crippen LogP contribution in [0, 0.1) is 10.1 Å². The molecule has 4 heteroatoms. The molecule has 1 aromatic heterocycles. The van der Waals surface area contributed by atoms with Crippen LogP contribution in [0.25, 0.3) is 0 Å². The summed E-state index contributed by atoms with van der Waals surface area (Å²) in [6.07, 6.45) is 4.00. The minimum absolute atomic E-state index is 0.252. The summed E-state index contributed by atoms with van der Waals surface area (Å²) in [5.74, 6) is 0. The van der Waals surface area contributed by atoms with Crippen LogP contribution < -0.4 is 0 Å². The molecule has 0 aliphatic carbocycles. The largest absolute Gasteiger partial charge is 0.264 e. The van der Waals surface area contributed by atoms with Crippen molar-refractivity contribution >= 4 is 0 Å². The topological polar surface area (TPSA) is 56.0 Å². The predicted molar refractivity (Wildman–Crippen MR) is 53.5 cm³/mol. The fourth-order valence-corrected chi connectivity index (χ4v) is 1.33. The van der Waals surface area contributed by atoms with Crippen molar-refractivity contribution in [1.29, 1.82) is 0 Å². The Labute approximate surface area is 83.1 Å². The zero-order chi connectivity index (χ0) is 10.4. The lowest BCUT2D eigenvalue weighted by atomic mass is 10.1. The maximum Gasteiger partial charge on any atom is 0.254 e. The molecular weight excluding hydrogens is 180 g/mol. The van der Waals surface area contributed by atoms with Crippen LogP contribution in [0.2, 0.25) is 0 Å². The number of hydrogen-bond donors (Lipinski definition) is 0. The van der Waals surface area contributed by atoms with Gasteiger partial charge in [0.1, 0.15) is 5.69 Å². The molecule has 0 saturated heterocycles. The first kappa shape index (κ1) is 10.6. The fourth-order valence-electron chi connectivity index (χ4n) is 1.33. The second-order valence-corrected chi connectivity index (χ2v) is 3.20. The molecule has 76 valence electrons. The van der Waals surface area contributed by atoms with Gasteiger partial charge in [-0.1, -0.05) is 19.4 Å². The van der Waals surface area contributed by atoms with Gasteiger partial charge in [-0.05, 0) is 18.6 Å². The molecule has 0 N–H and O–H groups in total. The summed E-state index contributed by atoms with van der Waals surface area (Å²) in [5, 5.41) is 10.8. The van der Waals surface area contributed by atoms with Gasteiger partial charge in [-0.3, -0.25) is 15.1 Å². The van der Waals surface area contributed by atoms with Gasteiger partial charge < -0.3 is 0 Å². The van der Waals surface area contributed by atoms with E-state index >= 15 is 0 Å². The molecule has 0 aliphatic rings. The third-order valence-electron chi connectivity index (χ3n) is 2.11. The first-order valence-corrected chi connectivity index (χ1v) is 4.80. The van der Waals surface area contributed by atoms with Crippen LogP contribution in [0.5, 0.6) is 0 Å². The van der Waals surface area contributed by atoms with Gasteiger partial charge in [0.15, 0.2) is 0 Å². The van der Waals surface area contributed by atoms with Crippen molar-refractivity contribution < 1.29 is 4.92 Å². The zero-order valence-electron chi connectivity index (χ0n) is 8.22. The van der Waals surface area contributed by atoms with Crippen LogP contribution in [0.15, 0.2) is 24.4 Å². The van der Waals surface area contributed by atoms with E-state index in [1.54, 1.807) is 24.4 Å². The predicted octanol–water partition coefficient (Wildman–Crippen LogP) is 2.59. The van der Waals surface area contributed by atoms with Gasteiger partial charge in [0.05, 0.1) is 0 Å². The van der Waals surface area contributed by atoms with E-state index in [9.17, 15) is 10.1 Å². The van der Waals surface area contributed by atoms with E-state index in [-0.39, 0.29) is 4.92 Å². The van der Waals surface area contributed by atoms with Crippen LogP contribution in [-0.2, 0) is 0 Å². The minimum atomic E-state index is -0.642. The van der Waals surface area contributed by atoms with Crippen LogP contribution >= 0.6 is 0 Å². The van der Waals surface area contributed by atoms with E-state index in [0.717, 1.165) is 12.8 Å². The third-order valence-corrected chi connectivity index (χ3v) is 2.11. The molecule has 0 amide bonds. The van der Waals surface area contributed by atoms with Gasteiger partial charge in [0, 0.05) is 17.5 Å². The summed E-state index contributed by atoms with van der Waals surface area (Å²) in [6, 6.07) is 4.62. The quantitative estimate of drug-likeness (QED) is 0.534. The highest BCUT2D eigenvalue weighted by atomic mass is 16.6. The number of nitro groups is 1. The normalized spacial score (nSPS) is 12.4. The third kappa shape index (κ3) is 2.80. The van der Waals surface area contributed by atoms with Gasteiger partial charge in [-0.2, -0.15) is 0 Å². The van der Waals surface area contributed by atoms with Crippen molar-refractivity contribution in [2.75, 3.05) is 0 Å². The molecule has 1 unspecified atom stereocenters. The van der Waals surface area contributed by atoms with E-state index in [2.05, 4.69) is 4.98 Å². The average Bonchev–Trinajstić information content (AvgIpc) is 2.19. The summed E-state index contributed by atoms with van der Waals surface area (Å²) in [7, 11) is 0. The van der Waals surface area contributed by atoms with Gasteiger partial charge in [0.25, 0.3) is 6.04 Å². The molecule has 0 radical (unpaired) electrons. The van der Waals surface area contributed by atoms with Crippen LogP contribution in [-0.4, -0.2) is 9.91 Å². The van der Waals surface area contributed by atoms with E-state index in [0.29, 0.717) is 12.1 Å². The first-order valence-electron chi connectivity index (χ1n) is 4.80. The number of hydrogen-bond acceptors (Lipinski definition) is 3. The summed E-state index contributed by atoms with van der Waals surface area (Å²) in [5.41, 5.74) is 0.561. The Morgan fingerprint density at radius 1 is 1.57 bits per heavy atom. The van der Waals surface area contributed by atoms with E-state index in [1.165, 1.54) is 0 Å². The van der Waals surface area contributed by atoms with Crippen LogP contribution in [0.4, 0.5) is 0 Å². The lowest BCUT2D eigenvalue weighted by Gasteiger charge is -2.07. The highest BCUT2D eigenvalue weighted by Crippen LogP contribution is 2.20. The number of unbranched alkanes of at least 4 members (excludes halogenated alkanes) is 1. The molecule has 0 aliphatic heterocycles. The number of nitrogens with zero attached hydrogens (tertiary/aromatic N) is 2. The Morgan fingerprint density at radius 2 is 2.36 bits per heavy atom. The van der Waals surface area contributed by atoms with Gasteiger partial charge >= 0.3 is 0 Å². The lowest BCUT2D eigenvalue weighted by molar-refractivity contribution is -0.531. The van der Waals surface area contributed by atoms with Gasteiger partial charge in [-0.25, -0.2) is 0 Å². The maximum atomic E-state index is 10.8. The van der Waals surface area contributed by atoms with Crippen molar-refractivity contribution in [3.05, 3.63) is 40.2 Å². The molecule has 0 fully saturated rings. The minimum Gasteiger partial charge on any atom is -0.264 e. The zero-order valence-corrected chi connectivity index (χ0v) is 8.22. The molecule has 14 heavy (non-hydrogen) atoms. The van der Waals surface area contributed by atoms with Crippen molar-refractivity contribution in [2.24, 2.45) is 0 Å². The summed E-state index contributed by atoms with van der Waals surface area (Å²) >= 11 is 0. The molecule has 1 atom stereocenters. The summed E-state index contributed by atoms with van der Waals surface area (Å²) in [4.78, 5) is 14.5. The SMILES string of the molecule is CCCCC(c1ccccn1)[N+](=O)[O-]. The Bertz CT molecular complexity index is 287. The monoisotopic (exact) mass is 194 g/mol. The van der Waals surface area contributed by atoms with Crippen LogP contribution in [0.1, 0.15) is 37.9 Å². The van der Waals surface area contributed by atoms with Crippen molar-refractivity contribution in [3.63, 3.8) is 0 Å². The molecule has 0 bridgehead atoms. The Morgan fingerprint density at radius 3 is 2.86 bits per heavy atom. The van der Waals surface area contributed by atoms with Crippen molar-refractivity contribution in [2.45, 2.75) is 32.2 Å². The van der Waals surface area contributed by atoms with E-state index in [4.69, 9.17) is 0 Å². The standard InChI is InChI=1S/C10H14N2O2/c1-2-3-7-10(12(13)14)9-6-4-5-8-11-9/h4-6,8,10H,2-3,7H2,1H3. The summed E-state index contributed by atoms with van der Waals surface area (Å²) < 4.78 is 0. The molecule has 0 spiro atoms. The molecule has 0 saturated carbocycles. The lowest BCUT2D eigenvalue weighted by Crippen LogP contribution is -2.11. The molecule has 1 heterocycles. The first-order chi connectivity index (χ1) is 6.75. The molecule has 1 rings (SSSR count). The number of pyridine rings is 1. The molecular formula is C10H14N2O2. The van der Waals surface area contributed by atoms with Gasteiger partial charge in [-0.15, -0.1) is 0 Å². The highest BCUT2D eigenvalue weighted by molar-refractivity contribution is 5.06. The van der Waals surface area contributed by atoms with Crippen molar-refractivity contribution in [1.82, 2.24) is 4.98 Å². The Kier molecular flexibility index (Phi) is 4.04. The van der Waals surface area contributed by atoms with E-state index in [1.807, 2.05) is 6.92 Å². The number of rotatable bonds is 5. The van der Waals surface area contributed by atoms with Gasteiger partial charge in [0.2, 0.25) is 0 Å². The van der Waals surface area contributed by atoms with Crippen molar-refractivity contribution in [3.8, 4) is 0 Å². The second-order valence-electron chi connectivity index (χ2n) is 3.20. The fraction of sp³-hybridized carbons (Fsp3) is 0.500. The van der Waals surface area contributed by atoms with Crippen LogP contribution in [0.3, 0.4) is 0 Å². The molecule has 0 aromatic carbocycles. The molecule has 1 aromatic rings.